The molecule has 1 atom stereocenters. The van der Waals surface area contributed by atoms with Crippen molar-refractivity contribution < 1.29 is 23.1 Å². The Balaban J connectivity index is 1.60. The molecule has 3 aromatic carbocycles. The zero-order valence-corrected chi connectivity index (χ0v) is 22.6. The highest BCUT2D eigenvalue weighted by atomic mass is 32.2. The fraction of sp³-hybridized carbons (Fsp3) is 0.276. The third-order valence-corrected chi connectivity index (χ3v) is 8.18. The number of nitrogens with one attached hydrogen (secondary N) is 2. The lowest BCUT2D eigenvalue weighted by molar-refractivity contribution is 0.0912. The van der Waals surface area contributed by atoms with E-state index in [9.17, 15) is 18.3 Å². The number of benzene rings is 3. The molecular weight excluding hydrogens is 502 g/mol. The first-order valence-corrected chi connectivity index (χ1v) is 13.9. The summed E-state index contributed by atoms with van der Waals surface area (Å²) < 4.78 is 31.9. The summed E-state index contributed by atoms with van der Waals surface area (Å²) in [5, 5.41) is 14.1. The molecule has 0 spiro atoms. The Morgan fingerprint density at radius 2 is 1.76 bits per heavy atom. The standard InChI is InChI=1S/C29H33N3O5S/c1-4-15-37-28-14-11-21(20-9-12-24(13-10-20)38(35,36)32(2)3)17-26(28)29(34)31-23(19-33)16-22-18-30-27-8-6-5-7-25(22)27/h5-14,17-18,23,30,33H,4,15-16,19H2,1-3H3,(H,31,34). The van der Waals surface area contributed by atoms with Gasteiger partial charge in [-0.1, -0.05) is 43.3 Å². The topological polar surface area (TPSA) is 112 Å². The van der Waals surface area contributed by atoms with Gasteiger partial charge in [0.25, 0.3) is 5.91 Å². The molecule has 0 saturated heterocycles. The number of carbonyl (C=O) groups is 1. The minimum Gasteiger partial charge on any atom is -0.493 e. The van der Waals surface area contributed by atoms with E-state index in [1.54, 1.807) is 36.4 Å². The third kappa shape index (κ3) is 5.91. The molecule has 0 saturated carbocycles. The van der Waals surface area contributed by atoms with Crippen molar-refractivity contribution in [3.05, 3.63) is 84.1 Å². The lowest BCUT2D eigenvalue weighted by Crippen LogP contribution is -2.39. The van der Waals surface area contributed by atoms with Crippen LogP contribution in [0.5, 0.6) is 5.75 Å². The molecule has 1 heterocycles. The predicted octanol–water partition coefficient (Wildman–Crippen LogP) is 4.21. The molecule has 1 amide bonds. The van der Waals surface area contributed by atoms with Crippen LogP contribution in [0.4, 0.5) is 0 Å². The molecular formula is C29H33N3O5S. The Bertz CT molecular complexity index is 1510. The number of hydrogen-bond donors (Lipinski definition) is 3. The maximum Gasteiger partial charge on any atom is 0.255 e. The van der Waals surface area contributed by atoms with Crippen molar-refractivity contribution in [3.63, 3.8) is 0 Å². The van der Waals surface area contributed by atoms with Crippen molar-refractivity contribution in [1.29, 1.82) is 0 Å². The van der Waals surface area contributed by atoms with Gasteiger partial charge in [0.05, 0.1) is 29.7 Å². The maximum absolute atomic E-state index is 13.4. The fourth-order valence-corrected chi connectivity index (χ4v) is 5.15. The van der Waals surface area contributed by atoms with Gasteiger partial charge in [-0.3, -0.25) is 4.79 Å². The number of hydrogen-bond acceptors (Lipinski definition) is 5. The molecule has 3 N–H and O–H groups in total. The number of aromatic nitrogens is 1. The summed E-state index contributed by atoms with van der Waals surface area (Å²) in [6.45, 7) is 2.22. The molecule has 200 valence electrons. The highest BCUT2D eigenvalue weighted by Gasteiger charge is 2.21. The first kappa shape index (κ1) is 27.4. The van der Waals surface area contributed by atoms with Crippen LogP contribution in [0.15, 0.2) is 77.8 Å². The van der Waals surface area contributed by atoms with E-state index in [0.717, 1.165) is 38.3 Å². The Morgan fingerprint density at radius 1 is 1.05 bits per heavy atom. The van der Waals surface area contributed by atoms with Crippen LogP contribution < -0.4 is 10.1 Å². The smallest absolute Gasteiger partial charge is 0.255 e. The van der Waals surface area contributed by atoms with Gasteiger partial charge in [-0.2, -0.15) is 0 Å². The number of para-hydroxylation sites is 1. The molecule has 0 aliphatic carbocycles. The van der Waals surface area contributed by atoms with Crippen molar-refractivity contribution in [2.75, 3.05) is 27.3 Å². The number of carbonyl (C=O) groups excluding carboxylic acids is 1. The molecule has 0 fully saturated rings. The summed E-state index contributed by atoms with van der Waals surface area (Å²) in [7, 11) is -0.568. The van der Waals surface area contributed by atoms with Gasteiger partial charge in [0.1, 0.15) is 5.75 Å². The van der Waals surface area contributed by atoms with Crippen molar-refractivity contribution in [2.24, 2.45) is 0 Å². The van der Waals surface area contributed by atoms with Gasteiger partial charge in [-0.25, -0.2) is 12.7 Å². The summed E-state index contributed by atoms with van der Waals surface area (Å²) in [5.74, 6) is 0.0901. The molecule has 0 bridgehead atoms. The molecule has 0 radical (unpaired) electrons. The molecule has 0 aliphatic heterocycles. The molecule has 0 aliphatic rings. The quantitative estimate of drug-likeness (QED) is 0.266. The first-order chi connectivity index (χ1) is 18.2. The summed E-state index contributed by atoms with van der Waals surface area (Å²) in [4.78, 5) is 16.9. The van der Waals surface area contributed by atoms with E-state index < -0.39 is 16.1 Å². The number of sulfonamides is 1. The fourth-order valence-electron chi connectivity index (χ4n) is 4.25. The van der Waals surface area contributed by atoms with Crippen molar-refractivity contribution >= 4 is 26.8 Å². The van der Waals surface area contributed by atoms with Gasteiger partial charge in [-0.05, 0) is 59.9 Å². The second-order valence-corrected chi connectivity index (χ2v) is 11.4. The number of ether oxygens (including phenoxy) is 1. The van der Waals surface area contributed by atoms with Gasteiger partial charge >= 0.3 is 0 Å². The molecule has 4 aromatic rings. The molecule has 38 heavy (non-hydrogen) atoms. The predicted molar refractivity (Wildman–Crippen MR) is 149 cm³/mol. The number of aromatic amines is 1. The van der Waals surface area contributed by atoms with E-state index in [2.05, 4.69) is 10.3 Å². The van der Waals surface area contributed by atoms with Crippen LogP contribution in [0.25, 0.3) is 22.0 Å². The van der Waals surface area contributed by atoms with Crippen LogP contribution >= 0.6 is 0 Å². The number of aliphatic hydroxyl groups is 1. The lowest BCUT2D eigenvalue weighted by atomic mass is 10.0. The van der Waals surface area contributed by atoms with Crippen LogP contribution in [0, 0.1) is 0 Å². The number of fused-ring (bicyclic) bond motifs is 1. The number of aliphatic hydroxyl groups excluding tert-OH is 1. The van der Waals surface area contributed by atoms with E-state index in [1.807, 2.05) is 43.5 Å². The van der Waals surface area contributed by atoms with Gasteiger partial charge in [-0.15, -0.1) is 0 Å². The second-order valence-electron chi connectivity index (χ2n) is 9.29. The number of H-pyrrole nitrogens is 1. The SMILES string of the molecule is CCCOc1ccc(-c2ccc(S(=O)(=O)N(C)C)cc2)cc1C(=O)NC(CO)Cc1c[nH]c2ccccc12. The first-order valence-electron chi connectivity index (χ1n) is 12.5. The van der Waals surface area contributed by atoms with Crippen LogP contribution in [0.2, 0.25) is 0 Å². The van der Waals surface area contributed by atoms with Gasteiger partial charge in [0.15, 0.2) is 0 Å². The minimum absolute atomic E-state index is 0.190. The monoisotopic (exact) mass is 535 g/mol. The molecule has 1 aromatic heterocycles. The Labute approximate surface area is 223 Å². The largest absolute Gasteiger partial charge is 0.493 e. The summed E-state index contributed by atoms with van der Waals surface area (Å²) in [5.41, 5.74) is 3.85. The van der Waals surface area contributed by atoms with Crippen molar-refractivity contribution in [1.82, 2.24) is 14.6 Å². The van der Waals surface area contributed by atoms with Crippen LogP contribution in [-0.4, -0.2) is 62.1 Å². The summed E-state index contributed by atoms with van der Waals surface area (Å²) >= 11 is 0. The number of amides is 1. The minimum atomic E-state index is -3.54. The number of nitrogens with zero attached hydrogens (tertiary/aromatic N) is 1. The third-order valence-electron chi connectivity index (χ3n) is 6.35. The normalized spacial score (nSPS) is 12.6. The van der Waals surface area contributed by atoms with E-state index in [4.69, 9.17) is 4.74 Å². The van der Waals surface area contributed by atoms with Crippen LogP contribution in [0.3, 0.4) is 0 Å². The second kappa shape index (κ2) is 11.8. The van der Waals surface area contributed by atoms with Crippen LogP contribution in [-0.2, 0) is 16.4 Å². The van der Waals surface area contributed by atoms with E-state index >= 15 is 0 Å². The van der Waals surface area contributed by atoms with E-state index in [1.165, 1.54) is 14.1 Å². The Morgan fingerprint density at radius 3 is 2.45 bits per heavy atom. The molecule has 4 rings (SSSR count). The maximum atomic E-state index is 13.4. The van der Waals surface area contributed by atoms with Gasteiger partial charge in [0.2, 0.25) is 10.0 Å². The zero-order chi connectivity index (χ0) is 27.3. The highest BCUT2D eigenvalue weighted by Crippen LogP contribution is 2.29. The highest BCUT2D eigenvalue weighted by molar-refractivity contribution is 7.89. The number of rotatable bonds is 11. The average Bonchev–Trinajstić information content (AvgIpc) is 3.34. The van der Waals surface area contributed by atoms with Gasteiger partial charge < -0.3 is 20.1 Å². The molecule has 9 heteroatoms. The zero-order valence-electron chi connectivity index (χ0n) is 21.8. The average molecular weight is 536 g/mol. The molecule has 8 nitrogen and oxygen atoms in total. The van der Waals surface area contributed by atoms with Crippen molar-refractivity contribution in [3.8, 4) is 16.9 Å². The summed E-state index contributed by atoms with van der Waals surface area (Å²) in [6.07, 6.45) is 3.14. The summed E-state index contributed by atoms with van der Waals surface area (Å²) in [6, 6.07) is 19.2. The van der Waals surface area contributed by atoms with E-state index in [-0.39, 0.29) is 17.4 Å². The molecule has 1 unspecified atom stereocenters. The Hall–Kier alpha value is -3.66. The van der Waals surface area contributed by atoms with Gasteiger partial charge in [0, 0.05) is 31.2 Å². The van der Waals surface area contributed by atoms with E-state index in [0.29, 0.717) is 24.3 Å². The Kier molecular flexibility index (Phi) is 8.51. The lowest BCUT2D eigenvalue weighted by Gasteiger charge is -2.18. The van der Waals surface area contributed by atoms with Crippen molar-refractivity contribution in [2.45, 2.75) is 30.7 Å². The van der Waals surface area contributed by atoms with Crippen LogP contribution in [0.1, 0.15) is 29.3 Å².